The fraction of sp³-hybridized carbons (Fsp3) is 0.350. The maximum Gasteiger partial charge on any atom is 0.227 e. The summed E-state index contributed by atoms with van der Waals surface area (Å²) < 4.78 is 7.28. The molecule has 1 aromatic carbocycles. The molecule has 138 valence electrons. The highest BCUT2D eigenvalue weighted by atomic mass is 16.5. The Labute approximate surface area is 154 Å². The molecule has 26 heavy (non-hydrogen) atoms. The molecule has 1 aromatic heterocycles. The van der Waals surface area contributed by atoms with Crippen molar-refractivity contribution >= 4 is 17.5 Å². The Balaban J connectivity index is 2.33. The van der Waals surface area contributed by atoms with Gasteiger partial charge in [-0.1, -0.05) is 37.8 Å². The van der Waals surface area contributed by atoms with Crippen LogP contribution in [0.4, 0.5) is 0 Å². The standard InChI is InChI=1S/C20H26N4O2/c1-7-17-16(12-22-24(17)5)18(26-6)23-13(2)14-8-10-15(11-9-14)20(3,4)19(21)25/h8-12H,2,7H2,1,3-6H3,(H2,21,25). The maximum absolute atomic E-state index is 11.6. The number of aromatic nitrogens is 2. The van der Waals surface area contributed by atoms with Crippen molar-refractivity contribution in [2.45, 2.75) is 32.6 Å². The Morgan fingerprint density at radius 2 is 1.96 bits per heavy atom. The molecule has 2 rings (SSSR count). The SMILES string of the molecule is C=C(N=C(OC)c1cnn(C)c1CC)c1ccc(C(C)(C)C(N)=O)cc1. The van der Waals surface area contributed by atoms with E-state index in [0.29, 0.717) is 11.6 Å². The van der Waals surface area contributed by atoms with Crippen LogP contribution in [-0.4, -0.2) is 28.7 Å². The molecule has 0 aliphatic rings. The zero-order chi connectivity index (χ0) is 19.5. The van der Waals surface area contributed by atoms with E-state index in [9.17, 15) is 4.79 Å². The molecule has 0 aliphatic heterocycles. The van der Waals surface area contributed by atoms with E-state index in [1.165, 1.54) is 0 Å². The van der Waals surface area contributed by atoms with E-state index in [1.807, 2.05) is 36.0 Å². The lowest BCUT2D eigenvalue weighted by molar-refractivity contribution is -0.122. The number of aryl methyl sites for hydroxylation is 1. The normalized spacial score (nSPS) is 12.1. The smallest absolute Gasteiger partial charge is 0.227 e. The molecule has 0 unspecified atom stereocenters. The van der Waals surface area contributed by atoms with Crippen LogP contribution in [0.1, 0.15) is 43.2 Å². The van der Waals surface area contributed by atoms with Crippen LogP contribution >= 0.6 is 0 Å². The number of nitrogens with two attached hydrogens (primary N) is 1. The Morgan fingerprint density at radius 3 is 2.46 bits per heavy atom. The van der Waals surface area contributed by atoms with Gasteiger partial charge in [-0.3, -0.25) is 9.48 Å². The van der Waals surface area contributed by atoms with E-state index in [4.69, 9.17) is 10.5 Å². The molecular formula is C20H26N4O2. The van der Waals surface area contributed by atoms with E-state index in [-0.39, 0.29) is 5.91 Å². The van der Waals surface area contributed by atoms with Crippen LogP contribution in [0.15, 0.2) is 42.0 Å². The molecule has 2 aromatic rings. The van der Waals surface area contributed by atoms with Gasteiger partial charge < -0.3 is 10.5 Å². The Kier molecular flexibility index (Phi) is 5.65. The lowest BCUT2D eigenvalue weighted by Gasteiger charge is -2.21. The molecule has 0 spiro atoms. The summed E-state index contributed by atoms with van der Waals surface area (Å²) in [7, 11) is 3.47. The lowest BCUT2D eigenvalue weighted by Crippen LogP contribution is -2.35. The highest BCUT2D eigenvalue weighted by molar-refractivity contribution is 5.98. The van der Waals surface area contributed by atoms with Gasteiger partial charge >= 0.3 is 0 Å². The minimum absolute atomic E-state index is 0.368. The molecule has 1 heterocycles. The fourth-order valence-corrected chi connectivity index (χ4v) is 2.69. The maximum atomic E-state index is 11.6. The Bertz CT molecular complexity index is 845. The molecule has 0 radical (unpaired) electrons. The van der Waals surface area contributed by atoms with E-state index in [1.54, 1.807) is 27.2 Å². The number of hydrogen-bond donors (Lipinski definition) is 1. The second kappa shape index (κ2) is 7.56. The van der Waals surface area contributed by atoms with Crippen LogP contribution < -0.4 is 5.73 Å². The number of methoxy groups -OCH3 is 1. The Hall–Kier alpha value is -2.89. The highest BCUT2D eigenvalue weighted by Crippen LogP contribution is 2.25. The third-order valence-electron chi connectivity index (χ3n) is 4.61. The van der Waals surface area contributed by atoms with E-state index < -0.39 is 5.41 Å². The highest BCUT2D eigenvalue weighted by Gasteiger charge is 2.27. The van der Waals surface area contributed by atoms with Gasteiger partial charge in [0.2, 0.25) is 11.8 Å². The summed E-state index contributed by atoms with van der Waals surface area (Å²) in [6.07, 6.45) is 2.56. The van der Waals surface area contributed by atoms with E-state index in [2.05, 4.69) is 23.6 Å². The molecule has 6 heteroatoms. The average Bonchev–Trinajstić information content (AvgIpc) is 2.99. The summed E-state index contributed by atoms with van der Waals surface area (Å²) >= 11 is 0. The van der Waals surface area contributed by atoms with Crippen molar-refractivity contribution in [2.75, 3.05) is 7.11 Å². The molecule has 0 fully saturated rings. The average molecular weight is 354 g/mol. The predicted octanol–water partition coefficient (Wildman–Crippen LogP) is 2.81. The van der Waals surface area contributed by atoms with Crippen LogP contribution in [-0.2, 0) is 28.4 Å². The summed E-state index contributed by atoms with van der Waals surface area (Å²) in [6.45, 7) is 9.70. The van der Waals surface area contributed by atoms with Crippen LogP contribution in [0.2, 0.25) is 0 Å². The number of carbonyl (C=O) groups excluding carboxylic acids is 1. The fourth-order valence-electron chi connectivity index (χ4n) is 2.69. The van der Waals surface area contributed by atoms with Gasteiger partial charge in [-0.05, 0) is 31.4 Å². The number of hydrogen-bond acceptors (Lipinski definition) is 4. The molecule has 1 amide bonds. The summed E-state index contributed by atoms with van der Waals surface area (Å²) in [6, 6.07) is 7.50. The molecule has 2 N–H and O–H groups in total. The number of nitrogens with zero attached hydrogens (tertiary/aromatic N) is 3. The summed E-state index contributed by atoms with van der Waals surface area (Å²) in [5, 5.41) is 4.27. The number of primary amides is 1. The minimum Gasteiger partial charge on any atom is -0.480 e. The van der Waals surface area contributed by atoms with Gasteiger partial charge in [-0.25, -0.2) is 4.99 Å². The zero-order valence-electron chi connectivity index (χ0n) is 16.0. The van der Waals surface area contributed by atoms with Gasteiger partial charge in [-0.15, -0.1) is 0 Å². The monoisotopic (exact) mass is 354 g/mol. The Morgan fingerprint density at radius 1 is 1.35 bits per heavy atom. The number of carbonyl (C=O) groups is 1. The quantitative estimate of drug-likeness (QED) is 0.639. The van der Waals surface area contributed by atoms with Crippen molar-refractivity contribution in [3.05, 3.63) is 59.4 Å². The second-order valence-corrected chi connectivity index (χ2v) is 6.62. The number of benzene rings is 1. The summed E-state index contributed by atoms with van der Waals surface area (Å²) in [4.78, 5) is 16.1. The number of aliphatic imine (C=N–C) groups is 1. The second-order valence-electron chi connectivity index (χ2n) is 6.62. The predicted molar refractivity (Wildman–Crippen MR) is 104 cm³/mol. The third-order valence-corrected chi connectivity index (χ3v) is 4.61. The number of ether oxygens (including phenoxy) is 1. The van der Waals surface area contributed by atoms with E-state index in [0.717, 1.165) is 28.8 Å². The van der Waals surface area contributed by atoms with Crippen molar-refractivity contribution in [2.24, 2.45) is 17.8 Å². The molecule has 0 aliphatic carbocycles. The summed E-state index contributed by atoms with van der Waals surface area (Å²) in [5.41, 5.74) is 8.89. The van der Waals surface area contributed by atoms with Crippen molar-refractivity contribution in [1.29, 1.82) is 0 Å². The zero-order valence-corrected chi connectivity index (χ0v) is 16.0. The molecule has 0 atom stereocenters. The van der Waals surface area contributed by atoms with Crippen LogP contribution in [0.3, 0.4) is 0 Å². The first-order chi connectivity index (χ1) is 12.2. The molecular weight excluding hydrogens is 328 g/mol. The van der Waals surface area contributed by atoms with Gasteiger partial charge in [0.15, 0.2) is 0 Å². The number of rotatable bonds is 6. The van der Waals surface area contributed by atoms with Crippen LogP contribution in [0.25, 0.3) is 5.70 Å². The molecule has 0 saturated carbocycles. The van der Waals surface area contributed by atoms with Crippen molar-refractivity contribution in [1.82, 2.24) is 9.78 Å². The number of amides is 1. The lowest BCUT2D eigenvalue weighted by atomic mass is 9.83. The van der Waals surface area contributed by atoms with Gasteiger partial charge in [0, 0.05) is 7.05 Å². The third kappa shape index (κ3) is 3.69. The summed E-state index contributed by atoms with van der Waals surface area (Å²) in [5.74, 6) is 0.105. The van der Waals surface area contributed by atoms with Gasteiger partial charge in [-0.2, -0.15) is 5.10 Å². The minimum atomic E-state index is -0.730. The van der Waals surface area contributed by atoms with Gasteiger partial charge in [0.05, 0.1) is 35.7 Å². The topological polar surface area (TPSA) is 82.5 Å². The first-order valence-corrected chi connectivity index (χ1v) is 8.46. The molecule has 0 bridgehead atoms. The van der Waals surface area contributed by atoms with Crippen LogP contribution in [0, 0.1) is 0 Å². The van der Waals surface area contributed by atoms with E-state index >= 15 is 0 Å². The van der Waals surface area contributed by atoms with Crippen molar-refractivity contribution in [3.63, 3.8) is 0 Å². The van der Waals surface area contributed by atoms with Crippen molar-refractivity contribution < 1.29 is 9.53 Å². The van der Waals surface area contributed by atoms with Gasteiger partial charge in [0.25, 0.3) is 0 Å². The van der Waals surface area contributed by atoms with Crippen LogP contribution in [0.5, 0.6) is 0 Å². The largest absolute Gasteiger partial charge is 0.480 e. The first-order valence-electron chi connectivity index (χ1n) is 8.46. The molecule has 0 saturated heterocycles. The van der Waals surface area contributed by atoms with Crippen molar-refractivity contribution in [3.8, 4) is 0 Å². The molecule has 6 nitrogen and oxygen atoms in total. The van der Waals surface area contributed by atoms with Gasteiger partial charge in [0.1, 0.15) is 0 Å². The first kappa shape index (κ1) is 19.4.